The van der Waals surface area contributed by atoms with E-state index in [1.165, 1.54) is 0 Å². The zero-order chi connectivity index (χ0) is 13.8. The summed E-state index contributed by atoms with van der Waals surface area (Å²) < 4.78 is 0. The van der Waals surface area contributed by atoms with Crippen LogP contribution in [-0.2, 0) is 0 Å². The summed E-state index contributed by atoms with van der Waals surface area (Å²) in [5.74, 6) is 0.770. The monoisotopic (exact) mass is 272 g/mol. The van der Waals surface area contributed by atoms with Crippen molar-refractivity contribution in [1.82, 2.24) is 9.97 Å². The number of aryl methyl sites for hydroxylation is 1. The van der Waals surface area contributed by atoms with Crippen molar-refractivity contribution in [3.05, 3.63) is 53.5 Å². The van der Waals surface area contributed by atoms with Crippen molar-refractivity contribution in [1.29, 1.82) is 0 Å². The molecule has 2 rings (SSSR count). The number of thiocarbonyl (C=S) groups is 1. The fourth-order valence-electron chi connectivity index (χ4n) is 1.84. The summed E-state index contributed by atoms with van der Waals surface area (Å²) in [4.78, 5) is 8.83. The van der Waals surface area contributed by atoms with Gasteiger partial charge in [-0.2, -0.15) is 0 Å². The molecule has 0 aromatic carbocycles. The minimum Gasteiger partial charge on any atom is -0.389 e. The van der Waals surface area contributed by atoms with Gasteiger partial charge in [-0.1, -0.05) is 12.2 Å². The zero-order valence-electron chi connectivity index (χ0n) is 10.9. The van der Waals surface area contributed by atoms with Crippen LogP contribution in [0.1, 0.15) is 29.8 Å². The number of rotatable bonds is 4. The minimum atomic E-state index is 0.136. The normalized spacial score (nSPS) is 11.9. The lowest BCUT2D eigenvalue weighted by Crippen LogP contribution is -2.13. The van der Waals surface area contributed by atoms with Crippen LogP contribution in [0.2, 0.25) is 0 Å². The Morgan fingerprint density at radius 1 is 1.32 bits per heavy atom. The van der Waals surface area contributed by atoms with Crippen molar-refractivity contribution in [2.45, 2.75) is 19.9 Å². The molecule has 0 fully saturated rings. The summed E-state index contributed by atoms with van der Waals surface area (Å²) in [5, 5.41) is 3.34. The fourth-order valence-corrected chi connectivity index (χ4v) is 1.96. The molecule has 19 heavy (non-hydrogen) atoms. The van der Waals surface area contributed by atoms with E-state index < -0.39 is 0 Å². The van der Waals surface area contributed by atoms with Gasteiger partial charge in [0.25, 0.3) is 0 Å². The van der Waals surface area contributed by atoms with E-state index in [4.69, 9.17) is 18.0 Å². The van der Waals surface area contributed by atoms with Crippen molar-refractivity contribution in [3.8, 4) is 0 Å². The van der Waals surface area contributed by atoms with Crippen LogP contribution in [0.5, 0.6) is 0 Å². The van der Waals surface area contributed by atoms with Crippen molar-refractivity contribution >= 4 is 23.0 Å². The highest BCUT2D eigenvalue weighted by molar-refractivity contribution is 7.80. The first kappa shape index (κ1) is 13.4. The number of pyridine rings is 2. The van der Waals surface area contributed by atoms with Crippen LogP contribution in [0.3, 0.4) is 0 Å². The molecule has 0 amide bonds. The average Bonchev–Trinajstić information content (AvgIpc) is 2.39. The Balaban J connectivity index is 2.21. The van der Waals surface area contributed by atoms with E-state index in [1.807, 2.05) is 31.2 Å². The second-order valence-electron chi connectivity index (χ2n) is 4.39. The second kappa shape index (κ2) is 5.75. The number of hydrogen-bond acceptors (Lipinski definition) is 4. The maximum absolute atomic E-state index is 5.66. The minimum absolute atomic E-state index is 0.136. The van der Waals surface area contributed by atoms with Crippen LogP contribution < -0.4 is 11.1 Å². The van der Waals surface area contributed by atoms with Crippen molar-refractivity contribution in [3.63, 3.8) is 0 Å². The van der Waals surface area contributed by atoms with Crippen LogP contribution >= 0.6 is 12.2 Å². The lowest BCUT2D eigenvalue weighted by atomic mass is 10.1. The van der Waals surface area contributed by atoms with E-state index in [2.05, 4.69) is 22.2 Å². The van der Waals surface area contributed by atoms with Gasteiger partial charge in [-0.25, -0.2) is 4.98 Å². The molecule has 0 saturated carbocycles. The first-order chi connectivity index (χ1) is 9.06. The van der Waals surface area contributed by atoms with Gasteiger partial charge >= 0.3 is 0 Å². The van der Waals surface area contributed by atoms with Gasteiger partial charge in [-0.15, -0.1) is 0 Å². The Kier molecular flexibility index (Phi) is 4.06. The van der Waals surface area contributed by atoms with E-state index in [-0.39, 0.29) is 6.04 Å². The Labute approximate surface area is 118 Å². The van der Waals surface area contributed by atoms with E-state index in [0.29, 0.717) is 4.99 Å². The van der Waals surface area contributed by atoms with Gasteiger partial charge < -0.3 is 11.1 Å². The van der Waals surface area contributed by atoms with Gasteiger partial charge in [-0.3, -0.25) is 4.98 Å². The molecular weight excluding hydrogens is 256 g/mol. The molecule has 0 spiro atoms. The van der Waals surface area contributed by atoms with Gasteiger partial charge in [0.15, 0.2) is 0 Å². The van der Waals surface area contributed by atoms with E-state index in [0.717, 1.165) is 22.6 Å². The molecule has 3 N–H and O–H groups in total. The van der Waals surface area contributed by atoms with Gasteiger partial charge in [0, 0.05) is 23.7 Å². The van der Waals surface area contributed by atoms with Gasteiger partial charge in [0.2, 0.25) is 0 Å². The number of anilines is 1. The predicted octanol–water partition coefficient (Wildman–Crippen LogP) is 2.59. The Morgan fingerprint density at radius 3 is 2.63 bits per heavy atom. The highest BCUT2D eigenvalue weighted by Gasteiger charge is 2.08. The van der Waals surface area contributed by atoms with Crippen LogP contribution in [0.25, 0.3) is 0 Å². The van der Waals surface area contributed by atoms with Crippen molar-refractivity contribution < 1.29 is 0 Å². The summed E-state index contributed by atoms with van der Waals surface area (Å²) in [7, 11) is 0. The predicted molar refractivity (Wildman–Crippen MR) is 81.1 cm³/mol. The third-order valence-corrected chi connectivity index (χ3v) is 3.04. The lowest BCUT2D eigenvalue weighted by Gasteiger charge is -2.15. The quantitative estimate of drug-likeness (QED) is 0.838. The lowest BCUT2D eigenvalue weighted by molar-refractivity contribution is 0.868. The molecule has 0 aliphatic carbocycles. The van der Waals surface area contributed by atoms with E-state index in [1.54, 1.807) is 12.4 Å². The molecule has 0 radical (unpaired) electrons. The smallest absolute Gasteiger partial charge is 0.127 e. The first-order valence-electron chi connectivity index (χ1n) is 6.01. The standard InChI is InChI=1S/C14H16N4S/c1-9-7-12(14(15)19)8-13(17-9)18-10(2)11-3-5-16-6-4-11/h3-8,10H,1-2H3,(H2,15,19)(H,17,18). The Hall–Kier alpha value is -2.01. The molecule has 0 bridgehead atoms. The summed E-state index contributed by atoms with van der Waals surface area (Å²) >= 11 is 5.00. The Bertz CT molecular complexity index is 583. The average molecular weight is 272 g/mol. The molecule has 0 aliphatic rings. The molecule has 2 heterocycles. The molecule has 4 nitrogen and oxygen atoms in total. The maximum atomic E-state index is 5.66. The molecule has 98 valence electrons. The summed E-state index contributed by atoms with van der Waals surface area (Å²) in [6, 6.07) is 7.83. The highest BCUT2D eigenvalue weighted by atomic mass is 32.1. The number of nitrogens with one attached hydrogen (secondary N) is 1. The second-order valence-corrected chi connectivity index (χ2v) is 4.83. The third kappa shape index (κ3) is 3.48. The molecule has 0 aliphatic heterocycles. The number of nitrogens with zero attached hydrogens (tertiary/aromatic N) is 2. The number of hydrogen-bond donors (Lipinski definition) is 2. The maximum Gasteiger partial charge on any atom is 0.127 e. The topological polar surface area (TPSA) is 63.8 Å². The largest absolute Gasteiger partial charge is 0.389 e. The van der Waals surface area contributed by atoms with Crippen LogP contribution in [-0.4, -0.2) is 15.0 Å². The van der Waals surface area contributed by atoms with E-state index in [9.17, 15) is 0 Å². The van der Waals surface area contributed by atoms with Crippen LogP contribution in [0.15, 0.2) is 36.7 Å². The number of aromatic nitrogens is 2. The van der Waals surface area contributed by atoms with Crippen molar-refractivity contribution in [2.75, 3.05) is 5.32 Å². The molecule has 1 unspecified atom stereocenters. The van der Waals surface area contributed by atoms with Gasteiger partial charge in [0.1, 0.15) is 10.8 Å². The molecule has 2 aromatic rings. The Morgan fingerprint density at radius 2 is 2.00 bits per heavy atom. The van der Waals surface area contributed by atoms with Crippen LogP contribution in [0.4, 0.5) is 5.82 Å². The van der Waals surface area contributed by atoms with Gasteiger partial charge in [-0.05, 0) is 43.7 Å². The molecule has 5 heteroatoms. The van der Waals surface area contributed by atoms with Crippen LogP contribution in [0, 0.1) is 6.92 Å². The first-order valence-corrected chi connectivity index (χ1v) is 6.42. The van der Waals surface area contributed by atoms with Crippen molar-refractivity contribution in [2.24, 2.45) is 5.73 Å². The van der Waals surface area contributed by atoms with Gasteiger partial charge in [0.05, 0.1) is 6.04 Å². The summed E-state index contributed by atoms with van der Waals surface area (Å²) in [5.41, 5.74) is 8.52. The zero-order valence-corrected chi connectivity index (χ0v) is 11.7. The number of nitrogens with two attached hydrogens (primary N) is 1. The molecule has 2 aromatic heterocycles. The van der Waals surface area contributed by atoms with E-state index >= 15 is 0 Å². The summed E-state index contributed by atoms with van der Waals surface area (Å²) in [6.45, 7) is 3.99. The third-order valence-electron chi connectivity index (χ3n) is 2.81. The fraction of sp³-hybridized carbons (Fsp3) is 0.214. The summed E-state index contributed by atoms with van der Waals surface area (Å²) in [6.07, 6.45) is 3.55. The SMILES string of the molecule is Cc1cc(C(N)=S)cc(NC(C)c2ccncc2)n1. The molecule has 0 saturated heterocycles. The molecular formula is C14H16N4S. The highest BCUT2D eigenvalue weighted by Crippen LogP contribution is 2.18. The molecule has 1 atom stereocenters.